The van der Waals surface area contributed by atoms with Crippen molar-refractivity contribution in [2.75, 3.05) is 6.61 Å². The maximum atomic E-state index is 12.6. The summed E-state index contributed by atoms with van der Waals surface area (Å²) in [6.45, 7) is -0.470. The fourth-order valence-corrected chi connectivity index (χ4v) is 2.93. The van der Waals surface area contributed by atoms with E-state index < -0.39 is 35.8 Å². The number of hydrogen-bond donors (Lipinski definition) is 2. The van der Waals surface area contributed by atoms with Crippen LogP contribution in [0.25, 0.3) is 0 Å². The van der Waals surface area contributed by atoms with Crippen molar-refractivity contribution < 1.29 is 32.6 Å². The number of carboxylic acid groups (broad SMARTS) is 1. The number of carbonyl (C=O) groups is 2. The Bertz CT molecular complexity index is 610. The molecule has 1 aromatic rings. The molecule has 0 bridgehead atoms. The molecule has 0 atom stereocenters. The summed E-state index contributed by atoms with van der Waals surface area (Å²) in [6, 6.07) is 4.24. The predicted octanol–water partition coefficient (Wildman–Crippen LogP) is 2.99. The number of nitrogens with one attached hydrogen (secondary N) is 1. The van der Waals surface area contributed by atoms with Crippen molar-refractivity contribution in [3.05, 3.63) is 29.8 Å². The number of amides is 1. The third-order valence-electron chi connectivity index (χ3n) is 3.99. The van der Waals surface area contributed by atoms with Crippen LogP contribution in [0.3, 0.4) is 0 Å². The lowest BCUT2D eigenvalue weighted by atomic mass is 9.93. The minimum absolute atomic E-state index is 0.0707. The maximum Gasteiger partial charge on any atom is 0.416 e. The molecule has 8 heteroatoms. The van der Waals surface area contributed by atoms with E-state index in [-0.39, 0.29) is 12.2 Å². The van der Waals surface area contributed by atoms with E-state index >= 15 is 0 Å². The highest BCUT2D eigenvalue weighted by Crippen LogP contribution is 2.33. The lowest BCUT2D eigenvalue weighted by Gasteiger charge is -2.28. The van der Waals surface area contributed by atoms with Gasteiger partial charge in [0.25, 0.3) is 5.91 Å². The first-order valence-corrected chi connectivity index (χ1v) is 7.53. The molecule has 1 aromatic carbocycles. The molecule has 1 aliphatic rings. The van der Waals surface area contributed by atoms with E-state index in [0.29, 0.717) is 12.8 Å². The second-order valence-corrected chi connectivity index (χ2v) is 5.92. The van der Waals surface area contributed by atoms with Crippen LogP contribution in [-0.4, -0.2) is 29.1 Å². The van der Waals surface area contributed by atoms with Gasteiger partial charge in [-0.05, 0) is 31.0 Å². The Hall–Kier alpha value is -2.25. The zero-order valence-corrected chi connectivity index (χ0v) is 12.9. The Labute approximate surface area is 136 Å². The quantitative estimate of drug-likeness (QED) is 0.831. The number of aliphatic carboxylic acids is 1. The van der Waals surface area contributed by atoms with Crippen molar-refractivity contribution >= 4 is 11.9 Å². The van der Waals surface area contributed by atoms with Gasteiger partial charge in [0.15, 0.2) is 6.61 Å². The first-order chi connectivity index (χ1) is 11.2. The van der Waals surface area contributed by atoms with Gasteiger partial charge in [0.1, 0.15) is 5.75 Å². The Morgan fingerprint density at radius 3 is 2.50 bits per heavy atom. The molecule has 24 heavy (non-hydrogen) atoms. The number of benzene rings is 1. The molecule has 1 amide bonds. The van der Waals surface area contributed by atoms with Gasteiger partial charge in [0.2, 0.25) is 0 Å². The molecular weight excluding hydrogens is 327 g/mol. The highest BCUT2D eigenvalue weighted by molar-refractivity contribution is 5.79. The second kappa shape index (κ2) is 7.11. The summed E-state index contributed by atoms with van der Waals surface area (Å²) in [7, 11) is 0. The number of carbonyl (C=O) groups excluding carboxylic acids is 1. The maximum absolute atomic E-state index is 12.6. The van der Waals surface area contributed by atoms with Crippen LogP contribution in [0, 0.1) is 0 Å². The van der Waals surface area contributed by atoms with E-state index in [4.69, 9.17) is 9.84 Å². The van der Waals surface area contributed by atoms with Gasteiger partial charge in [0.05, 0.1) is 17.5 Å². The van der Waals surface area contributed by atoms with Crippen LogP contribution in [0.4, 0.5) is 13.2 Å². The first-order valence-electron chi connectivity index (χ1n) is 7.53. The van der Waals surface area contributed by atoms with E-state index in [9.17, 15) is 22.8 Å². The molecule has 1 aliphatic carbocycles. The lowest BCUT2D eigenvalue weighted by molar-refractivity contribution is -0.139. The normalized spacial score (nSPS) is 16.6. The number of halogens is 3. The lowest BCUT2D eigenvalue weighted by Crippen LogP contribution is -2.49. The summed E-state index contributed by atoms with van der Waals surface area (Å²) < 4.78 is 43.0. The average Bonchev–Trinajstić information content (AvgIpc) is 2.91. The minimum Gasteiger partial charge on any atom is -0.484 e. The third-order valence-corrected chi connectivity index (χ3v) is 3.99. The standard InChI is InChI=1S/C16H18F3NO4/c17-16(18,19)11-4-3-5-12(8-11)24-10-13(21)20-15(9-14(22)23)6-1-2-7-15/h3-5,8H,1-2,6-7,9-10H2,(H,20,21)(H,22,23). The van der Waals surface area contributed by atoms with Crippen LogP contribution in [0.15, 0.2) is 24.3 Å². The molecule has 2 N–H and O–H groups in total. The van der Waals surface area contributed by atoms with Gasteiger partial charge in [-0.2, -0.15) is 13.2 Å². The van der Waals surface area contributed by atoms with Gasteiger partial charge >= 0.3 is 12.1 Å². The number of rotatable bonds is 6. The van der Waals surface area contributed by atoms with E-state index in [0.717, 1.165) is 25.0 Å². The molecule has 1 fully saturated rings. The minimum atomic E-state index is -4.49. The van der Waals surface area contributed by atoms with Gasteiger partial charge < -0.3 is 15.2 Å². The summed E-state index contributed by atoms with van der Waals surface area (Å²) >= 11 is 0. The Morgan fingerprint density at radius 1 is 1.25 bits per heavy atom. The van der Waals surface area contributed by atoms with Crippen LogP contribution in [-0.2, 0) is 15.8 Å². The van der Waals surface area contributed by atoms with Crippen LogP contribution in [0.1, 0.15) is 37.7 Å². The fraction of sp³-hybridized carbons (Fsp3) is 0.500. The number of carboxylic acids is 1. The van der Waals surface area contributed by atoms with Crippen LogP contribution in [0.2, 0.25) is 0 Å². The molecule has 5 nitrogen and oxygen atoms in total. The van der Waals surface area contributed by atoms with Gasteiger partial charge in [-0.15, -0.1) is 0 Å². The van der Waals surface area contributed by atoms with Crippen molar-refractivity contribution in [2.24, 2.45) is 0 Å². The molecule has 0 saturated heterocycles. The molecule has 0 aliphatic heterocycles. The third kappa shape index (κ3) is 4.87. The summed E-state index contributed by atoms with van der Waals surface area (Å²) in [5, 5.41) is 11.6. The second-order valence-electron chi connectivity index (χ2n) is 5.92. The van der Waals surface area contributed by atoms with Gasteiger partial charge in [-0.25, -0.2) is 0 Å². The van der Waals surface area contributed by atoms with E-state index in [2.05, 4.69) is 5.32 Å². The smallest absolute Gasteiger partial charge is 0.416 e. The molecule has 0 radical (unpaired) electrons. The molecule has 1 saturated carbocycles. The van der Waals surface area contributed by atoms with E-state index in [1.807, 2.05) is 0 Å². The Balaban J connectivity index is 1.94. The van der Waals surface area contributed by atoms with Gasteiger partial charge in [-0.3, -0.25) is 9.59 Å². The molecule has 0 aromatic heterocycles. The zero-order valence-electron chi connectivity index (χ0n) is 12.9. The van der Waals surface area contributed by atoms with Crippen molar-refractivity contribution in [1.82, 2.24) is 5.32 Å². The number of hydrogen-bond acceptors (Lipinski definition) is 3. The SMILES string of the molecule is O=C(O)CC1(NC(=O)COc2cccc(C(F)(F)F)c2)CCCC1. The van der Waals surface area contributed by atoms with Gasteiger partial charge in [-0.1, -0.05) is 18.9 Å². The van der Waals surface area contributed by atoms with Crippen LogP contribution >= 0.6 is 0 Å². The first kappa shape index (κ1) is 18.1. The highest BCUT2D eigenvalue weighted by atomic mass is 19.4. The van der Waals surface area contributed by atoms with Crippen molar-refractivity contribution in [3.8, 4) is 5.75 Å². The Kier molecular flexibility index (Phi) is 5.36. The predicted molar refractivity (Wildman–Crippen MR) is 78.5 cm³/mol. The van der Waals surface area contributed by atoms with E-state index in [1.165, 1.54) is 12.1 Å². The molecule has 2 rings (SSSR count). The molecule has 0 unspecified atom stereocenters. The van der Waals surface area contributed by atoms with E-state index in [1.54, 1.807) is 0 Å². The van der Waals surface area contributed by atoms with Crippen molar-refractivity contribution in [2.45, 2.75) is 43.8 Å². The summed E-state index contributed by atoms with van der Waals surface area (Å²) in [5.74, 6) is -1.62. The molecule has 0 spiro atoms. The fourth-order valence-electron chi connectivity index (χ4n) is 2.93. The largest absolute Gasteiger partial charge is 0.484 e. The molecule has 132 valence electrons. The average molecular weight is 345 g/mol. The van der Waals surface area contributed by atoms with Gasteiger partial charge in [0, 0.05) is 0 Å². The zero-order chi connectivity index (χ0) is 17.8. The van der Waals surface area contributed by atoms with Crippen LogP contribution in [0.5, 0.6) is 5.75 Å². The number of ether oxygens (including phenoxy) is 1. The summed E-state index contributed by atoms with van der Waals surface area (Å²) in [6.07, 6.45) is -1.90. The van der Waals surface area contributed by atoms with Crippen LogP contribution < -0.4 is 10.1 Å². The summed E-state index contributed by atoms with van der Waals surface area (Å²) in [5.41, 5.74) is -1.65. The highest BCUT2D eigenvalue weighted by Gasteiger charge is 2.37. The summed E-state index contributed by atoms with van der Waals surface area (Å²) in [4.78, 5) is 23.0. The monoisotopic (exact) mass is 345 g/mol. The molecule has 0 heterocycles. The number of alkyl halides is 3. The topological polar surface area (TPSA) is 75.6 Å². The van der Waals surface area contributed by atoms with Crippen molar-refractivity contribution in [3.63, 3.8) is 0 Å². The van der Waals surface area contributed by atoms with Crippen molar-refractivity contribution in [1.29, 1.82) is 0 Å². The molecular formula is C16H18F3NO4. The Morgan fingerprint density at radius 2 is 1.92 bits per heavy atom.